The van der Waals surface area contributed by atoms with E-state index >= 15 is 0 Å². The van der Waals surface area contributed by atoms with Crippen LogP contribution in [-0.4, -0.2) is 18.8 Å². The average molecular weight is 218 g/mol. The molecule has 0 aliphatic rings. The number of nitrogens with zero attached hydrogens (tertiary/aromatic N) is 1. The highest BCUT2D eigenvalue weighted by atomic mass is 16.5. The van der Waals surface area contributed by atoms with Gasteiger partial charge in [0.1, 0.15) is 0 Å². The van der Waals surface area contributed by atoms with Crippen molar-refractivity contribution in [3.05, 3.63) is 36.7 Å². The van der Waals surface area contributed by atoms with Crippen molar-refractivity contribution in [2.75, 3.05) is 20.0 Å². The Bertz CT molecular complexity index is 478. The molecular formula is C12H14N2O2. The van der Waals surface area contributed by atoms with Crippen LogP contribution in [0.25, 0.3) is 5.69 Å². The first-order chi connectivity index (χ1) is 7.76. The second-order valence-corrected chi connectivity index (χ2v) is 3.36. The fraction of sp³-hybridized carbons (Fsp3) is 0.167. The predicted molar refractivity (Wildman–Crippen MR) is 63.3 cm³/mol. The Morgan fingerprint density at radius 2 is 1.56 bits per heavy atom. The zero-order chi connectivity index (χ0) is 11.5. The van der Waals surface area contributed by atoms with Gasteiger partial charge >= 0.3 is 0 Å². The van der Waals surface area contributed by atoms with Gasteiger partial charge in [0.05, 0.1) is 25.6 Å². The van der Waals surface area contributed by atoms with Crippen LogP contribution >= 0.6 is 0 Å². The Labute approximate surface area is 94.2 Å². The van der Waals surface area contributed by atoms with E-state index in [1.165, 1.54) is 0 Å². The number of rotatable bonds is 3. The van der Waals surface area contributed by atoms with E-state index in [-0.39, 0.29) is 0 Å². The Morgan fingerprint density at radius 1 is 1.00 bits per heavy atom. The minimum Gasteiger partial charge on any atom is -0.493 e. The highest BCUT2D eigenvalue weighted by Crippen LogP contribution is 2.33. The maximum absolute atomic E-state index is 5.96. The molecule has 4 heteroatoms. The molecule has 0 saturated heterocycles. The minimum atomic E-state index is 0.635. The lowest BCUT2D eigenvalue weighted by molar-refractivity contribution is 0.355. The Hall–Kier alpha value is -2.10. The molecule has 1 aromatic carbocycles. The third-order valence-corrected chi connectivity index (χ3v) is 2.42. The number of nitrogen functional groups attached to an aromatic ring is 1. The molecule has 0 aliphatic carbocycles. The third-order valence-electron chi connectivity index (χ3n) is 2.42. The summed E-state index contributed by atoms with van der Waals surface area (Å²) in [4.78, 5) is 0. The fourth-order valence-corrected chi connectivity index (χ4v) is 1.60. The van der Waals surface area contributed by atoms with Gasteiger partial charge in [-0.25, -0.2) is 0 Å². The van der Waals surface area contributed by atoms with E-state index in [1.54, 1.807) is 20.3 Å². The van der Waals surface area contributed by atoms with Crippen molar-refractivity contribution in [1.29, 1.82) is 0 Å². The highest BCUT2D eigenvalue weighted by Gasteiger charge is 2.09. The Morgan fingerprint density at radius 3 is 2.12 bits per heavy atom. The molecule has 0 unspecified atom stereocenters. The maximum Gasteiger partial charge on any atom is 0.162 e. The lowest BCUT2D eigenvalue weighted by Crippen LogP contribution is -2.00. The topological polar surface area (TPSA) is 49.4 Å². The van der Waals surface area contributed by atoms with Crippen LogP contribution in [0.1, 0.15) is 0 Å². The summed E-state index contributed by atoms with van der Waals surface area (Å²) in [6.45, 7) is 0. The monoisotopic (exact) mass is 218 g/mol. The molecular weight excluding hydrogens is 204 g/mol. The second kappa shape index (κ2) is 4.18. The van der Waals surface area contributed by atoms with Gasteiger partial charge in [-0.3, -0.25) is 0 Å². The molecule has 84 valence electrons. The predicted octanol–water partition coefficient (Wildman–Crippen LogP) is 2.08. The third kappa shape index (κ3) is 1.69. The fourth-order valence-electron chi connectivity index (χ4n) is 1.60. The molecule has 0 amide bonds. The van der Waals surface area contributed by atoms with E-state index in [9.17, 15) is 0 Å². The normalized spacial score (nSPS) is 10.1. The van der Waals surface area contributed by atoms with Gasteiger partial charge in [0, 0.05) is 24.5 Å². The summed E-state index contributed by atoms with van der Waals surface area (Å²) in [5, 5.41) is 0. The van der Waals surface area contributed by atoms with Crippen LogP contribution in [-0.2, 0) is 0 Å². The molecule has 1 aromatic heterocycles. The average Bonchev–Trinajstić information content (AvgIpc) is 2.82. The van der Waals surface area contributed by atoms with E-state index in [0.717, 1.165) is 5.69 Å². The molecule has 0 fully saturated rings. The summed E-state index contributed by atoms with van der Waals surface area (Å²) in [5.41, 5.74) is 7.48. The Balaban J connectivity index is 2.55. The van der Waals surface area contributed by atoms with Crippen molar-refractivity contribution in [3.8, 4) is 17.2 Å². The first kappa shape index (κ1) is 10.4. The first-order valence-corrected chi connectivity index (χ1v) is 4.91. The first-order valence-electron chi connectivity index (χ1n) is 4.91. The van der Waals surface area contributed by atoms with E-state index in [1.807, 2.05) is 35.2 Å². The van der Waals surface area contributed by atoms with E-state index < -0.39 is 0 Å². The second-order valence-electron chi connectivity index (χ2n) is 3.36. The zero-order valence-electron chi connectivity index (χ0n) is 9.31. The van der Waals surface area contributed by atoms with Crippen molar-refractivity contribution in [3.63, 3.8) is 0 Å². The number of methoxy groups -OCH3 is 2. The van der Waals surface area contributed by atoms with Crippen molar-refractivity contribution in [2.24, 2.45) is 0 Å². The van der Waals surface area contributed by atoms with Crippen molar-refractivity contribution < 1.29 is 9.47 Å². The van der Waals surface area contributed by atoms with Crippen LogP contribution in [0.4, 0.5) is 5.69 Å². The largest absolute Gasteiger partial charge is 0.493 e. The van der Waals surface area contributed by atoms with Gasteiger partial charge in [-0.1, -0.05) is 0 Å². The van der Waals surface area contributed by atoms with Gasteiger partial charge in [0.25, 0.3) is 0 Å². The van der Waals surface area contributed by atoms with Gasteiger partial charge in [-0.2, -0.15) is 0 Å². The maximum atomic E-state index is 5.96. The number of benzene rings is 1. The van der Waals surface area contributed by atoms with Gasteiger partial charge in [0.2, 0.25) is 0 Å². The summed E-state index contributed by atoms with van der Waals surface area (Å²) in [5.74, 6) is 1.30. The molecule has 0 spiro atoms. The molecule has 2 rings (SSSR count). The summed E-state index contributed by atoms with van der Waals surface area (Å²) in [6, 6.07) is 7.49. The SMILES string of the molecule is COc1cc(N)c(-n2cccc2)cc1OC. The van der Waals surface area contributed by atoms with Crippen LogP contribution in [0.5, 0.6) is 11.5 Å². The minimum absolute atomic E-state index is 0.635. The molecule has 0 atom stereocenters. The number of ether oxygens (including phenoxy) is 2. The van der Waals surface area contributed by atoms with E-state index in [2.05, 4.69) is 0 Å². The van der Waals surface area contributed by atoms with Crippen LogP contribution in [0.15, 0.2) is 36.7 Å². The van der Waals surface area contributed by atoms with Crippen molar-refractivity contribution >= 4 is 5.69 Å². The summed E-state index contributed by atoms with van der Waals surface area (Å²) < 4.78 is 12.3. The van der Waals surface area contributed by atoms with E-state index in [4.69, 9.17) is 15.2 Å². The molecule has 4 nitrogen and oxygen atoms in total. The number of hydrogen-bond donors (Lipinski definition) is 1. The number of aromatic nitrogens is 1. The van der Waals surface area contributed by atoms with Crippen LogP contribution < -0.4 is 15.2 Å². The van der Waals surface area contributed by atoms with Crippen LogP contribution in [0, 0.1) is 0 Å². The standard InChI is InChI=1S/C12H14N2O2/c1-15-11-7-9(13)10(8-12(11)16-2)14-5-3-4-6-14/h3-8H,13H2,1-2H3. The molecule has 0 radical (unpaired) electrons. The van der Waals surface area contributed by atoms with Crippen molar-refractivity contribution in [2.45, 2.75) is 0 Å². The van der Waals surface area contributed by atoms with E-state index in [0.29, 0.717) is 17.2 Å². The lowest BCUT2D eigenvalue weighted by atomic mass is 10.2. The Kier molecular flexibility index (Phi) is 2.72. The van der Waals surface area contributed by atoms with Crippen molar-refractivity contribution in [1.82, 2.24) is 4.57 Å². The molecule has 16 heavy (non-hydrogen) atoms. The molecule has 0 bridgehead atoms. The smallest absolute Gasteiger partial charge is 0.162 e. The van der Waals surface area contributed by atoms with Gasteiger partial charge in [0.15, 0.2) is 11.5 Å². The van der Waals surface area contributed by atoms with Gasteiger partial charge in [-0.05, 0) is 12.1 Å². The van der Waals surface area contributed by atoms with Crippen LogP contribution in [0.2, 0.25) is 0 Å². The quantitative estimate of drug-likeness (QED) is 0.802. The molecule has 2 aromatic rings. The van der Waals surface area contributed by atoms with Gasteiger partial charge < -0.3 is 19.8 Å². The molecule has 1 heterocycles. The molecule has 2 N–H and O–H groups in total. The summed E-state index contributed by atoms with van der Waals surface area (Å²) in [6.07, 6.45) is 3.86. The number of hydrogen-bond acceptors (Lipinski definition) is 3. The molecule has 0 aliphatic heterocycles. The molecule has 0 saturated carbocycles. The highest BCUT2D eigenvalue weighted by molar-refractivity contribution is 5.65. The summed E-state index contributed by atoms with van der Waals surface area (Å²) in [7, 11) is 3.19. The lowest BCUT2D eigenvalue weighted by Gasteiger charge is -2.13. The van der Waals surface area contributed by atoms with Gasteiger partial charge in [-0.15, -0.1) is 0 Å². The number of nitrogens with two attached hydrogens (primary N) is 1. The number of anilines is 1. The zero-order valence-corrected chi connectivity index (χ0v) is 9.31. The summed E-state index contributed by atoms with van der Waals surface area (Å²) >= 11 is 0. The van der Waals surface area contributed by atoms with Crippen LogP contribution in [0.3, 0.4) is 0 Å².